The minimum Gasteiger partial charge on any atom is -0.381 e. The third kappa shape index (κ3) is 3.30. The molecule has 0 amide bonds. The second kappa shape index (κ2) is 6.30. The highest BCUT2D eigenvalue weighted by Gasteiger charge is 2.43. The maximum absolute atomic E-state index is 11.4. The number of ether oxygens (including phenoxy) is 1. The van der Waals surface area contributed by atoms with Gasteiger partial charge in [0.1, 0.15) is 0 Å². The summed E-state index contributed by atoms with van der Waals surface area (Å²) in [4.78, 5) is 0. The maximum Gasteiger partial charge on any atom is 0.0471 e. The van der Waals surface area contributed by atoms with Crippen molar-refractivity contribution in [3.8, 4) is 0 Å². The van der Waals surface area contributed by atoms with Crippen LogP contribution in [0.5, 0.6) is 0 Å². The van der Waals surface area contributed by atoms with E-state index in [4.69, 9.17) is 4.74 Å². The summed E-state index contributed by atoms with van der Waals surface area (Å²) < 4.78 is 16.9. The number of nitrogens with one attached hydrogen (secondary N) is 1. The van der Waals surface area contributed by atoms with E-state index < -0.39 is 10.8 Å². The highest BCUT2D eigenvalue weighted by atomic mass is 32.2. The minimum absolute atomic E-state index is 0.492. The molecule has 4 heteroatoms. The molecule has 1 saturated carbocycles. The lowest BCUT2D eigenvalue weighted by atomic mass is 9.75. The normalized spacial score (nSPS) is 29.6. The summed E-state index contributed by atoms with van der Waals surface area (Å²) in [6.45, 7) is 4.76. The lowest BCUT2D eigenvalue weighted by Crippen LogP contribution is -2.45. The summed E-state index contributed by atoms with van der Waals surface area (Å²) in [5.74, 6) is 1.59. The predicted octanol–water partition coefficient (Wildman–Crippen LogP) is 1.69. The Morgan fingerprint density at radius 3 is 2.82 bits per heavy atom. The monoisotopic (exact) mass is 259 g/mol. The molecule has 1 spiro atoms. The van der Waals surface area contributed by atoms with E-state index in [1.54, 1.807) is 0 Å². The highest BCUT2D eigenvalue weighted by Crippen LogP contribution is 2.45. The van der Waals surface area contributed by atoms with Gasteiger partial charge in [-0.05, 0) is 31.1 Å². The zero-order valence-corrected chi connectivity index (χ0v) is 11.7. The highest BCUT2D eigenvalue weighted by molar-refractivity contribution is 7.84. The Morgan fingerprint density at radius 2 is 2.12 bits per heavy atom. The van der Waals surface area contributed by atoms with E-state index in [2.05, 4.69) is 5.32 Å². The lowest BCUT2D eigenvalue weighted by Gasteiger charge is -2.39. The van der Waals surface area contributed by atoms with Crippen LogP contribution in [0.4, 0.5) is 0 Å². The molecule has 1 aliphatic heterocycles. The molecule has 0 aromatic heterocycles. The van der Waals surface area contributed by atoms with Crippen molar-refractivity contribution in [3.63, 3.8) is 0 Å². The Bertz CT molecular complexity index is 264. The zero-order valence-electron chi connectivity index (χ0n) is 10.9. The predicted molar refractivity (Wildman–Crippen MR) is 71.7 cm³/mol. The first-order chi connectivity index (χ1) is 8.27. The second-order valence-electron chi connectivity index (χ2n) is 5.31. The molecule has 0 radical (unpaired) electrons. The molecule has 100 valence electrons. The van der Waals surface area contributed by atoms with Crippen molar-refractivity contribution in [1.29, 1.82) is 0 Å². The minimum atomic E-state index is -0.631. The van der Waals surface area contributed by atoms with E-state index in [1.807, 2.05) is 6.92 Å². The summed E-state index contributed by atoms with van der Waals surface area (Å²) >= 11 is 0. The Balaban J connectivity index is 1.80. The van der Waals surface area contributed by atoms with Gasteiger partial charge in [-0.25, -0.2) is 0 Å². The summed E-state index contributed by atoms with van der Waals surface area (Å²) in [6.07, 6.45) is 6.40. The van der Waals surface area contributed by atoms with Gasteiger partial charge in [-0.15, -0.1) is 0 Å². The van der Waals surface area contributed by atoms with Crippen molar-refractivity contribution in [2.75, 3.05) is 31.3 Å². The van der Waals surface area contributed by atoms with Crippen LogP contribution in [0.25, 0.3) is 0 Å². The second-order valence-corrected chi connectivity index (χ2v) is 7.17. The number of hydrogen-bond donors (Lipinski definition) is 1. The molecular weight excluding hydrogens is 234 g/mol. The smallest absolute Gasteiger partial charge is 0.0471 e. The van der Waals surface area contributed by atoms with Crippen LogP contribution in [-0.4, -0.2) is 41.5 Å². The fourth-order valence-electron chi connectivity index (χ4n) is 3.32. The van der Waals surface area contributed by atoms with Crippen LogP contribution in [0.15, 0.2) is 0 Å². The van der Waals surface area contributed by atoms with Crippen molar-refractivity contribution < 1.29 is 8.95 Å². The molecule has 2 rings (SSSR count). The van der Waals surface area contributed by atoms with E-state index in [9.17, 15) is 4.21 Å². The van der Waals surface area contributed by atoms with Crippen LogP contribution < -0.4 is 5.32 Å². The van der Waals surface area contributed by atoms with E-state index in [1.165, 1.54) is 32.1 Å². The average Bonchev–Trinajstić information content (AvgIpc) is 2.73. The van der Waals surface area contributed by atoms with Gasteiger partial charge in [-0.3, -0.25) is 4.21 Å². The molecule has 2 fully saturated rings. The maximum atomic E-state index is 11.4. The van der Waals surface area contributed by atoms with Gasteiger partial charge in [0.25, 0.3) is 0 Å². The summed E-state index contributed by atoms with van der Waals surface area (Å²) in [5.41, 5.74) is 0.492. The fraction of sp³-hybridized carbons (Fsp3) is 1.00. The summed E-state index contributed by atoms with van der Waals surface area (Å²) in [7, 11) is -0.631. The molecule has 3 nitrogen and oxygen atoms in total. The van der Waals surface area contributed by atoms with Gasteiger partial charge < -0.3 is 10.1 Å². The fourth-order valence-corrected chi connectivity index (χ4v) is 3.96. The van der Waals surface area contributed by atoms with Gasteiger partial charge >= 0.3 is 0 Å². The van der Waals surface area contributed by atoms with Gasteiger partial charge in [0.2, 0.25) is 0 Å². The number of rotatable bonds is 5. The largest absolute Gasteiger partial charge is 0.381 e. The molecule has 1 aliphatic carbocycles. The molecule has 0 bridgehead atoms. The third-order valence-corrected chi connectivity index (χ3v) is 5.74. The number of hydrogen-bond acceptors (Lipinski definition) is 3. The van der Waals surface area contributed by atoms with Crippen molar-refractivity contribution in [2.45, 2.75) is 45.1 Å². The van der Waals surface area contributed by atoms with Crippen LogP contribution in [0.3, 0.4) is 0 Å². The Kier molecular flexibility index (Phi) is 5.00. The van der Waals surface area contributed by atoms with Crippen LogP contribution in [0.2, 0.25) is 0 Å². The third-order valence-electron chi connectivity index (χ3n) is 4.44. The molecule has 0 aromatic carbocycles. The average molecular weight is 259 g/mol. The zero-order chi connectivity index (χ0) is 12.1. The van der Waals surface area contributed by atoms with Crippen LogP contribution in [0, 0.1) is 5.41 Å². The Labute approximate surface area is 107 Å². The molecule has 17 heavy (non-hydrogen) atoms. The molecule has 1 N–H and O–H groups in total. The first-order valence-electron chi connectivity index (χ1n) is 6.93. The standard InChI is InChI=1S/C13H25NO2S/c1-2-17(15)11-8-14-12-4-3-5-13(12)6-9-16-10-7-13/h12,14H,2-11H2,1H3. The van der Waals surface area contributed by atoms with Crippen molar-refractivity contribution in [3.05, 3.63) is 0 Å². The molecule has 1 saturated heterocycles. The summed E-state index contributed by atoms with van der Waals surface area (Å²) in [5, 5.41) is 3.66. The molecule has 1 heterocycles. The Morgan fingerprint density at radius 1 is 1.35 bits per heavy atom. The van der Waals surface area contributed by atoms with E-state index in [0.717, 1.165) is 31.3 Å². The first kappa shape index (κ1) is 13.5. The summed E-state index contributed by atoms with van der Waals surface area (Å²) in [6, 6.07) is 0.639. The van der Waals surface area contributed by atoms with Crippen LogP contribution in [-0.2, 0) is 15.5 Å². The molecular formula is C13H25NO2S. The molecule has 2 unspecified atom stereocenters. The van der Waals surface area contributed by atoms with Gasteiger partial charge in [0.15, 0.2) is 0 Å². The molecule has 2 aliphatic rings. The van der Waals surface area contributed by atoms with Crippen LogP contribution in [0.1, 0.15) is 39.0 Å². The molecule has 0 aromatic rings. The lowest BCUT2D eigenvalue weighted by molar-refractivity contribution is 0.00479. The SMILES string of the molecule is CCS(=O)CCNC1CCCC12CCOCC2. The Hall–Kier alpha value is 0.0700. The van der Waals surface area contributed by atoms with Gasteiger partial charge in [-0.2, -0.15) is 0 Å². The first-order valence-corrected chi connectivity index (χ1v) is 8.42. The van der Waals surface area contributed by atoms with Gasteiger partial charge in [-0.1, -0.05) is 13.3 Å². The van der Waals surface area contributed by atoms with Gasteiger partial charge in [0, 0.05) is 48.1 Å². The topological polar surface area (TPSA) is 38.3 Å². The van der Waals surface area contributed by atoms with Crippen molar-refractivity contribution in [2.24, 2.45) is 5.41 Å². The molecule has 2 atom stereocenters. The van der Waals surface area contributed by atoms with Crippen molar-refractivity contribution >= 4 is 10.8 Å². The van der Waals surface area contributed by atoms with Crippen molar-refractivity contribution in [1.82, 2.24) is 5.32 Å². The van der Waals surface area contributed by atoms with E-state index in [0.29, 0.717) is 11.5 Å². The quantitative estimate of drug-likeness (QED) is 0.816. The van der Waals surface area contributed by atoms with Gasteiger partial charge in [0.05, 0.1) is 0 Å². The van der Waals surface area contributed by atoms with E-state index in [-0.39, 0.29) is 0 Å². The van der Waals surface area contributed by atoms with Crippen LogP contribution >= 0.6 is 0 Å². The van der Waals surface area contributed by atoms with E-state index >= 15 is 0 Å².